The van der Waals surface area contributed by atoms with Crippen molar-refractivity contribution in [2.45, 2.75) is 6.04 Å². The van der Waals surface area contributed by atoms with E-state index in [-0.39, 0.29) is 6.04 Å². The first-order valence-electron chi connectivity index (χ1n) is 6.32. The number of nitrogens with one attached hydrogen (secondary N) is 2. The molecule has 0 aliphatic carbocycles. The number of benzene rings is 1. The molecule has 0 saturated carbocycles. The van der Waals surface area contributed by atoms with E-state index in [9.17, 15) is 0 Å². The highest BCUT2D eigenvalue weighted by molar-refractivity contribution is 9.10. The fourth-order valence-electron chi connectivity index (χ4n) is 2.29. The molecule has 2 aliphatic heterocycles. The van der Waals surface area contributed by atoms with E-state index >= 15 is 0 Å². The van der Waals surface area contributed by atoms with Crippen molar-refractivity contribution in [1.29, 1.82) is 0 Å². The zero-order valence-electron chi connectivity index (χ0n) is 10.4. The first kappa shape index (κ1) is 12.3. The Balaban J connectivity index is 1.96. The van der Waals surface area contributed by atoms with Crippen LogP contribution in [0.25, 0.3) is 5.57 Å². The van der Waals surface area contributed by atoms with Crippen LogP contribution in [0.15, 0.2) is 65.5 Å². The van der Waals surface area contributed by atoms with Gasteiger partial charge in [-0.15, -0.1) is 0 Å². The van der Waals surface area contributed by atoms with E-state index < -0.39 is 0 Å². The van der Waals surface area contributed by atoms with E-state index in [0.717, 1.165) is 11.0 Å². The third-order valence-corrected chi connectivity index (χ3v) is 3.70. The van der Waals surface area contributed by atoms with Gasteiger partial charge in [0.2, 0.25) is 0 Å². The Kier molecular flexibility index (Phi) is 3.56. The van der Waals surface area contributed by atoms with Crippen molar-refractivity contribution in [2.24, 2.45) is 0 Å². The van der Waals surface area contributed by atoms with Gasteiger partial charge in [0.1, 0.15) is 0 Å². The van der Waals surface area contributed by atoms with Gasteiger partial charge >= 0.3 is 0 Å². The Hall–Kier alpha value is -1.74. The standard InChI is InChI=1S/C16H15BrN2/c17-15-9-13(12-4-3-6-18-11-12)8-14(10-15)16-5-1-2-7-19-16/h1-10,16,18-19H,11H2. The number of allylic oxidation sites excluding steroid dienone is 4. The van der Waals surface area contributed by atoms with Crippen LogP contribution in [-0.4, -0.2) is 6.54 Å². The van der Waals surface area contributed by atoms with Gasteiger partial charge in [0.15, 0.2) is 0 Å². The van der Waals surface area contributed by atoms with Crippen molar-refractivity contribution in [3.8, 4) is 0 Å². The fraction of sp³-hybridized carbons (Fsp3) is 0.125. The molecule has 0 bridgehead atoms. The monoisotopic (exact) mass is 314 g/mol. The van der Waals surface area contributed by atoms with Crippen molar-refractivity contribution >= 4 is 21.5 Å². The molecule has 3 heteroatoms. The van der Waals surface area contributed by atoms with Crippen molar-refractivity contribution in [2.75, 3.05) is 6.54 Å². The van der Waals surface area contributed by atoms with Gasteiger partial charge < -0.3 is 10.6 Å². The van der Waals surface area contributed by atoms with Crippen LogP contribution in [0.4, 0.5) is 0 Å². The largest absolute Gasteiger partial charge is 0.387 e. The van der Waals surface area contributed by atoms with E-state index in [0.29, 0.717) is 0 Å². The van der Waals surface area contributed by atoms with Crippen LogP contribution >= 0.6 is 15.9 Å². The van der Waals surface area contributed by atoms with Crippen LogP contribution in [0.2, 0.25) is 0 Å². The van der Waals surface area contributed by atoms with Crippen LogP contribution < -0.4 is 10.6 Å². The molecule has 3 rings (SSSR count). The van der Waals surface area contributed by atoms with Crippen LogP contribution in [0, 0.1) is 0 Å². The SMILES string of the molecule is Brc1cc(C2=CC=CNC2)cc(C2C=CC=CN2)c1. The van der Waals surface area contributed by atoms with Gasteiger partial charge in [-0.05, 0) is 59.5 Å². The van der Waals surface area contributed by atoms with Crippen LogP contribution in [-0.2, 0) is 0 Å². The predicted octanol–water partition coefficient (Wildman–Crippen LogP) is 3.66. The topological polar surface area (TPSA) is 24.1 Å². The average molecular weight is 315 g/mol. The Morgan fingerprint density at radius 3 is 2.74 bits per heavy atom. The predicted molar refractivity (Wildman–Crippen MR) is 83.4 cm³/mol. The molecule has 2 nitrogen and oxygen atoms in total. The molecule has 2 heterocycles. The third-order valence-electron chi connectivity index (χ3n) is 3.24. The highest BCUT2D eigenvalue weighted by Crippen LogP contribution is 2.27. The number of rotatable bonds is 2. The maximum absolute atomic E-state index is 3.61. The zero-order valence-corrected chi connectivity index (χ0v) is 12.0. The smallest absolute Gasteiger partial charge is 0.0696 e. The molecule has 0 aromatic heterocycles. The van der Waals surface area contributed by atoms with E-state index in [2.05, 4.69) is 63.0 Å². The first-order chi connectivity index (χ1) is 9.33. The van der Waals surface area contributed by atoms with Gasteiger partial charge in [0.05, 0.1) is 6.04 Å². The lowest BCUT2D eigenvalue weighted by molar-refractivity contribution is 0.745. The molecular formula is C16H15BrN2. The molecule has 1 aromatic carbocycles. The summed E-state index contributed by atoms with van der Waals surface area (Å²) in [6.07, 6.45) is 14.4. The lowest BCUT2D eigenvalue weighted by atomic mass is 9.97. The number of dihydropyridines is 2. The molecule has 2 aliphatic rings. The van der Waals surface area contributed by atoms with Gasteiger partial charge in [-0.1, -0.05) is 34.2 Å². The lowest BCUT2D eigenvalue weighted by Gasteiger charge is -2.19. The summed E-state index contributed by atoms with van der Waals surface area (Å²) in [5.41, 5.74) is 3.83. The first-order valence-corrected chi connectivity index (χ1v) is 7.11. The quantitative estimate of drug-likeness (QED) is 0.870. The van der Waals surface area contributed by atoms with Crippen molar-refractivity contribution in [1.82, 2.24) is 10.6 Å². The molecule has 0 radical (unpaired) electrons. The van der Waals surface area contributed by atoms with Gasteiger partial charge in [0, 0.05) is 11.0 Å². The molecule has 1 unspecified atom stereocenters. The van der Waals surface area contributed by atoms with Crippen LogP contribution in [0.1, 0.15) is 17.2 Å². The molecule has 0 fully saturated rings. The molecular weight excluding hydrogens is 300 g/mol. The second-order valence-corrected chi connectivity index (χ2v) is 5.51. The summed E-state index contributed by atoms with van der Waals surface area (Å²) in [7, 11) is 0. The van der Waals surface area contributed by atoms with E-state index in [1.54, 1.807) is 0 Å². The molecule has 0 saturated heterocycles. The summed E-state index contributed by atoms with van der Waals surface area (Å²) >= 11 is 3.61. The van der Waals surface area contributed by atoms with Crippen molar-refractivity contribution in [3.63, 3.8) is 0 Å². The van der Waals surface area contributed by atoms with Gasteiger partial charge in [-0.3, -0.25) is 0 Å². The Labute approximate surface area is 121 Å². The third kappa shape index (κ3) is 2.82. The highest BCUT2D eigenvalue weighted by Gasteiger charge is 2.11. The minimum atomic E-state index is 0.244. The number of hydrogen-bond donors (Lipinski definition) is 2. The normalized spacial score (nSPS) is 20.7. The number of halogens is 1. The minimum absolute atomic E-state index is 0.244. The van der Waals surface area contributed by atoms with Crippen LogP contribution in [0.3, 0.4) is 0 Å². The zero-order chi connectivity index (χ0) is 13.1. The Bertz CT molecular complexity index is 597. The van der Waals surface area contributed by atoms with Gasteiger partial charge in [-0.25, -0.2) is 0 Å². The summed E-state index contributed by atoms with van der Waals surface area (Å²) in [6.45, 7) is 0.875. The molecule has 0 amide bonds. The van der Waals surface area contributed by atoms with Crippen molar-refractivity contribution in [3.05, 3.63) is 76.6 Å². The van der Waals surface area contributed by atoms with E-state index in [1.807, 2.05) is 24.6 Å². The molecule has 0 spiro atoms. The second-order valence-electron chi connectivity index (χ2n) is 4.59. The molecule has 19 heavy (non-hydrogen) atoms. The van der Waals surface area contributed by atoms with Gasteiger partial charge in [-0.2, -0.15) is 0 Å². The average Bonchev–Trinajstić information content (AvgIpc) is 2.48. The van der Waals surface area contributed by atoms with E-state index in [1.165, 1.54) is 16.7 Å². The van der Waals surface area contributed by atoms with Gasteiger partial charge in [0.25, 0.3) is 0 Å². The molecule has 96 valence electrons. The summed E-state index contributed by atoms with van der Waals surface area (Å²) in [5, 5.41) is 6.60. The lowest BCUT2D eigenvalue weighted by Crippen LogP contribution is -2.16. The summed E-state index contributed by atoms with van der Waals surface area (Å²) in [6, 6.07) is 6.82. The molecule has 1 atom stereocenters. The summed E-state index contributed by atoms with van der Waals surface area (Å²) < 4.78 is 1.11. The Morgan fingerprint density at radius 2 is 2.00 bits per heavy atom. The maximum atomic E-state index is 3.61. The summed E-state index contributed by atoms with van der Waals surface area (Å²) in [5.74, 6) is 0. The van der Waals surface area contributed by atoms with Crippen LogP contribution in [0.5, 0.6) is 0 Å². The minimum Gasteiger partial charge on any atom is -0.387 e. The number of hydrogen-bond acceptors (Lipinski definition) is 2. The van der Waals surface area contributed by atoms with Crippen molar-refractivity contribution < 1.29 is 0 Å². The maximum Gasteiger partial charge on any atom is 0.0696 e. The molecule has 2 N–H and O–H groups in total. The van der Waals surface area contributed by atoms with E-state index in [4.69, 9.17) is 0 Å². The highest BCUT2D eigenvalue weighted by atomic mass is 79.9. The second kappa shape index (κ2) is 5.49. The molecule has 1 aromatic rings. The Morgan fingerprint density at radius 1 is 1.05 bits per heavy atom. The summed E-state index contributed by atoms with van der Waals surface area (Å²) in [4.78, 5) is 0. The fourth-order valence-corrected chi connectivity index (χ4v) is 2.80.